The summed E-state index contributed by atoms with van der Waals surface area (Å²) < 4.78 is 0. The van der Waals surface area contributed by atoms with Gasteiger partial charge in [0.05, 0.1) is 10.6 Å². The van der Waals surface area contributed by atoms with Gasteiger partial charge in [-0.25, -0.2) is 0 Å². The first-order valence-electron chi connectivity index (χ1n) is 5.96. The number of hydrogen-bond donors (Lipinski definition) is 1. The molecule has 0 fully saturated rings. The van der Waals surface area contributed by atoms with E-state index in [-0.39, 0.29) is 11.1 Å². The zero-order valence-corrected chi connectivity index (χ0v) is 11.0. The van der Waals surface area contributed by atoms with Gasteiger partial charge < -0.3 is 4.98 Å². The van der Waals surface area contributed by atoms with E-state index in [1.54, 1.807) is 23.5 Å². The highest BCUT2D eigenvalue weighted by atomic mass is 32.1. The highest BCUT2D eigenvalue weighted by molar-refractivity contribution is 7.13. The monoisotopic (exact) mass is 258 g/mol. The Morgan fingerprint density at radius 3 is 2.89 bits per heavy atom. The molecule has 0 radical (unpaired) electrons. The van der Waals surface area contributed by atoms with Gasteiger partial charge in [0.2, 0.25) is 0 Å². The summed E-state index contributed by atoms with van der Waals surface area (Å²) in [5.74, 6) is 0. The van der Waals surface area contributed by atoms with Crippen molar-refractivity contribution in [3.05, 3.63) is 45.1 Å². The number of aryl methyl sites for hydroxylation is 1. The van der Waals surface area contributed by atoms with E-state index in [2.05, 4.69) is 18.0 Å². The third-order valence-corrected chi connectivity index (χ3v) is 3.81. The van der Waals surface area contributed by atoms with Crippen molar-refractivity contribution in [3.63, 3.8) is 0 Å². The molecule has 0 bridgehead atoms. The van der Waals surface area contributed by atoms with Crippen molar-refractivity contribution in [1.82, 2.24) is 4.98 Å². The summed E-state index contributed by atoms with van der Waals surface area (Å²) >= 11 is 1.62. The van der Waals surface area contributed by atoms with Crippen LogP contribution in [0.2, 0.25) is 0 Å². The smallest absolute Gasteiger partial charge is 0.266 e. The summed E-state index contributed by atoms with van der Waals surface area (Å²) in [7, 11) is 0. The zero-order chi connectivity index (χ0) is 13.0. The highest BCUT2D eigenvalue weighted by Gasteiger charge is 2.08. The molecule has 0 atom stereocenters. The van der Waals surface area contributed by atoms with E-state index in [1.165, 1.54) is 5.56 Å². The van der Waals surface area contributed by atoms with Gasteiger partial charge in [0.25, 0.3) is 5.56 Å². The molecule has 92 valence electrons. The van der Waals surface area contributed by atoms with Gasteiger partial charge in [0.15, 0.2) is 0 Å². The molecule has 0 unspecified atom stereocenters. The lowest BCUT2D eigenvalue weighted by Crippen LogP contribution is -2.10. The first kappa shape index (κ1) is 12.6. The summed E-state index contributed by atoms with van der Waals surface area (Å²) in [5.41, 5.74) is 1.91. The van der Waals surface area contributed by atoms with E-state index in [9.17, 15) is 4.79 Å². The minimum atomic E-state index is -0.315. The lowest BCUT2D eigenvalue weighted by atomic mass is 10.1. The number of unbranched alkanes of at least 4 members (excludes halogenated alkanes) is 1. The molecule has 1 N–H and O–H groups in total. The van der Waals surface area contributed by atoms with Crippen LogP contribution in [0.25, 0.3) is 10.6 Å². The minimum absolute atomic E-state index is 0.158. The Kier molecular flexibility index (Phi) is 3.96. The average Bonchev–Trinajstić information content (AvgIpc) is 2.84. The van der Waals surface area contributed by atoms with Gasteiger partial charge in [-0.05, 0) is 42.0 Å². The molecular formula is C14H14N2OS. The number of nitriles is 1. The lowest BCUT2D eigenvalue weighted by molar-refractivity contribution is 0.798. The molecule has 0 saturated heterocycles. The Balaban J connectivity index is 2.38. The van der Waals surface area contributed by atoms with Gasteiger partial charge in [0.1, 0.15) is 11.6 Å². The van der Waals surface area contributed by atoms with Crippen LogP contribution in [0.1, 0.15) is 30.9 Å². The number of nitrogens with zero attached hydrogens (tertiary/aromatic N) is 1. The molecule has 4 heteroatoms. The molecular weight excluding hydrogens is 244 g/mol. The number of thiophene rings is 1. The Bertz CT molecular complexity index is 634. The van der Waals surface area contributed by atoms with Crippen LogP contribution in [0.4, 0.5) is 0 Å². The van der Waals surface area contributed by atoms with Crippen molar-refractivity contribution in [3.8, 4) is 16.6 Å². The summed E-state index contributed by atoms with van der Waals surface area (Å²) in [6, 6.07) is 7.37. The van der Waals surface area contributed by atoms with Crippen LogP contribution in [0.15, 0.2) is 28.4 Å². The second-order valence-electron chi connectivity index (χ2n) is 4.11. The summed E-state index contributed by atoms with van der Waals surface area (Å²) in [4.78, 5) is 15.5. The SMILES string of the molecule is CCCCc1ccsc1-c1ccc(C#N)c(=O)[nH]1. The van der Waals surface area contributed by atoms with E-state index in [0.717, 1.165) is 29.8 Å². The number of aromatic amines is 1. The predicted molar refractivity (Wildman–Crippen MR) is 73.7 cm³/mol. The van der Waals surface area contributed by atoms with E-state index in [0.29, 0.717) is 0 Å². The second kappa shape index (κ2) is 5.65. The Labute approximate surface area is 110 Å². The van der Waals surface area contributed by atoms with Gasteiger partial charge in [-0.2, -0.15) is 5.26 Å². The van der Waals surface area contributed by atoms with Crippen LogP contribution in [0.5, 0.6) is 0 Å². The van der Waals surface area contributed by atoms with E-state index >= 15 is 0 Å². The highest BCUT2D eigenvalue weighted by Crippen LogP contribution is 2.28. The summed E-state index contributed by atoms with van der Waals surface area (Å²) in [6.07, 6.45) is 3.32. The van der Waals surface area contributed by atoms with Crippen LogP contribution >= 0.6 is 11.3 Å². The maximum absolute atomic E-state index is 11.6. The number of aromatic nitrogens is 1. The largest absolute Gasteiger partial charge is 0.320 e. The summed E-state index contributed by atoms with van der Waals surface area (Å²) in [6.45, 7) is 2.16. The molecule has 0 aromatic carbocycles. The molecule has 0 aliphatic heterocycles. The summed E-state index contributed by atoms with van der Waals surface area (Å²) in [5, 5.41) is 10.8. The second-order valence-corrected chi connectivity index (χ2v) is 5.02. The van der Waals surface area contributed by atoms with Crippen molar-refractivity contribution in [1.29, 1.82) is 5.26 Å². The maximum atomic E-state index is 11.6. The lowest BCUT2D eigenvalue weighted by Gasteiger charge is -2.03. The normalized spacial score (nSPS) is 10.2. The molecule has 2 rings (SSSR count). The first-order chi connectivity index (χ1) is 8.76. The van der Waals surface area contributed by atoms with E-state index < -0.39 is 0 Å². The Morgan fingerprint density at radius 2 is 2.22 bits per heavy atom. The molecule has 0 aliphatic rings. The van der Waals surface area contributed by atoms with E-state index in [1.807, 2.05) is 11.4 Å². The molecule has 0 saturated carbocycles. The van der Waals surface area contributed by atoms with Crippen molar-refractivity contribution >= 4 is 11.3 Å². The Hall–Kier alpha value is -1.86. The number of nitrogens with one attached hydrogen (secondary N) is 1. The van der Waals surface area contributed by atoms with Gasteiger partial charge in [0, 0.05) is 0 Å². The van der Waals surface area contributed by atoms with Crippen LogP contribution < -0.4 is 5.56 Å². The minimum Gasteiger partial charge on any atom is -0.320 e. The predicted octanol–water partition coefficient (Wildman–Crippen LogP) is 3.32. The zero-order valence-electron chi connectivity index (χ0n) is 10.2. The number of rotatable bonds is 4. The number of pyridine rings is 1. The van der Waals surface area contributed by atoms with Crippen molar-refractivity contribution < 1.29 is 0 Å². The van der Waals surface area contributed by atoms with Crippen LogP contribution in [0, 0.1) is 11.3 Å². The molecule has 3 nitrogen and oxygen atoms in total. The topological polar surface area (TPSA) is 56.6 Å². The molecule has 2 aromatic heterocycles. The third kappa shape index (κ3) is 2.52. The quantitative estimate of drug-likeness (QED) is 0.914. The molecule has 0 aliphatic carbocycles. The molecule has 2 heterocycles. The number of H-pyrrole nitrogens is 1. The van der Waals surface area contributed by atoms with Crippen molar-refractivity contribution in [2.24, 2.45) is 0 Å². The van der Waals surface area contributed by atoms with Gasteiger partial charge >= 0.3 is 0 Å². The molecule has 18 heavy (non-hydrogen) atoms. The number of hydrogen-bond acceptors (Lipinski definition) is 3. The average molecular weight is 258 g/mol. The van der Waals surface area contributed by atoms with Gasteiger partial charge in [-0.15, -0.1) is 11.3 Å². The fraction of sp³-hybridized carbons (Fsp3) is 0.286. The molecule has 0 amide bonds. The first-order valence-corrected chi connectivity index (χ1v) is 6.84. The van der Waals surface area contributed by atoms with E-state index in [4.69, 9.17) is 5.26 Å². The third-order valence-electron chi connectivity index (χ3n) is 2.82. The molecule has 0 spiro atoms. The van der Waals surface area contributed by atoms with Crippen LogP contribution in [-0.2, 0) is 6.42 Å². The van der Waals surface area contributed by atoms with Gasteiger partial charge in [-0.1, -0.05) is 13.3 Å². The van der Waals surface area contributed by atoms with Crippen molar-refractivity contribution in [2.75, 3.05) is 0 Å². The van der Waals surface area contributed by atoms with Crippen molar-refractivity contribution in [2.45, 2.75) is 26.2 Å². The van der Waals surface area contributed by atoms with Gasteiger partial charge in [-0.3, -0.25) is 4.79 Å². The molecule has 2 aromatic rings. The standard InChI is InChI=1S/C14H14N2OS/c1-2-3-4-10-7-8-18-13(10)12-6-5-11(9-15)14(17)16-12/h5-8H,2-4H2,1H3,(H,16,17). The fourth-order valence-corrected chi connectivity index (χ4v) is 2.77. The fourth-order valence-electron chi connectivity index (χ4n) is 1.83. The Morgan fingerprint density at radius 1 is 1.39 bits per heavy atom. The van der Waals surface area contributed by atoms with Crippen LogP contribution in [0.3, 0.4) is 0 Å². The maximum Gasteiger partial charge on any atom is 0.266 e. The van der Waals surface area contributed by atoms with Crippen LogP contribution in [-0.4, -0.2) is 4.98 Å².